The molecule has 3 aliphatic rings. The van der Waals surface area contributed by atoms with E-state index in [0.717, 1.165) is 48.4 Å². The molecule has 0 bridgehead atoms. The van der Waals surface area contributed by atoms with Crippen molar-refractivity contribution in [3.8, 4) is 11.5 Å². The zero-order valence-corrected chi connectivity index (χ0v) is 24.7. The van der Waals surface area contributed by atoms with Gasteiger partial charge < -0.3 is 30.1 Å². The van der Waals surface area contributed by atoms with E-state index in [9.17, 15) is 14.7 Å². The second-order valence-electron chi connectivity index (χ2n) is 11.2. The molecule has 1 saturated carbocycles. The third-order valence-electron chi connectivity index (χ3n) is 8.75. The number of hydrogen-bond acceptors (Lipinski definition) is 7. The minimum atomic E-state index is -0.729. The normalized spacial score (nSPS) is 21.6. The van der Waals surface area contributed by atoms with Crippen LogP contribution in [0.1, 0.15) is 56.9 Å². The van der Waals surface area contributed by atoms with Crippen molar-refractivity contribution in [2.24, 2.45) is 22.6 Å². The van der Waals surface area contributed by atoms with Gasteiger partial charge in [-0.25, -0.2) is 4.99 Å². The fraction of sp³-hybridized carbons (Fsp3) is 0.516. The highest BCUT2D eigenvalue weighted by Gasteiger charge is 2.34. The van der Waals surface area contributed by atoms with Crippen molar-refractivity contribution in [1.82, 2.24) is 9.80 Å². The predicted molar refractivity (Wildman–Crippen MR) is 163 cm³/mol. The van der Waals surface area contributed by atoms with Crippen LogP contribution in [0, 0.1) is 11.8 Å². The van der Waals surface area contributed by atoms with Crippen molar-refractivity contribution in [3.63, 3.8) is 0 Å². The maximum atomic E-state index is 13.3. The lowest BCUT2D eigenvalue weighted by molar-refractivity contribution is -0.143. The number of carbonyl (C=O) groups excluding carboxylic acids is 1. The van der Waals surface area contributed by atoms with Crippen molar-refractivity contribution < 1.29 is 24.2 Å². The molecule has 2 fully saturated rings. The number of aliphatic carboxylic acids is 1. The lowest BCUT2D eigenvalue weighted by atomic mass is 9.85. The molecule has 0 radical (unpaired) electrons. The van der Waals surface area contributed by atoms with Crippen LogP contribution in [0.3, 0.4) is 0 Å². The van der Waals surface area contributed by atoms with Crippen LogP contribution in [0.5, 0.6) is 11.5 Å². The summed E-state index contributed by atoms with van der Waals surface area (Å²) in [6.45, 7) is 2.01. The number of nitrogens with two attached hydrogens (primary N) is 1. The molecule has 0 aromatic heterocycles. The van der Waals surface area contributed by atoms with E-state index in [1.165, 1.54) is 0 Å². The lowest BCUT2D eigenvalue weighted by Gasteiger charge is -2.41. The van der Waals surface area contributed by atoms with Gasteiger partial charge in [0.1, 0.15) is 11.5 Å². The van der Waals surface area contributed by atoms with Crippen LogP contribution in [0.15, 0.2) is 53.5 Å². The summed E-state index contributed by atoms with van der Waals surface area (Å²) in [4.78, 5) is 33.4. The van der Waals surface area contributed by atoms with E-state index in [2.05, 4.69) is 4.90 Å². The molecule has 1 saturated heterocycles. The number of guanidine groups is 1. The second kappa shape index (κ2) is 14.1. The van der Waals surface area contributed by atoms with Gasteiger partial charge in [-0.2, -0.15) is 13.5 Å². The molecule has 0 spiro atoms. The Hall–Kier alpha value is -3.24. The fourth-order valence-corrected chi connectivity index (χ4v) is 6.33. The minimum Gasteiger partial charge on any atom is -0.481 e. The van der Waals surface area contributed by atoms with Crippen molar-refractivity contribution >= 4 is 37.0 Å². The third kappa shape index (κ3) is 7.54. The molecule has 222 valence electrons. The Morgan fingerprint density at radius 1 is 1.07 bits per heavy atom. The molecule has 1 aliphatic carbocycles. The molecule has 2 aliphatic heterocycles. The third-order valence-corrected chi connectivity index (χ3v) is 8.75. The monoisotopic (exact) mass is 582 g/mol. The van der Waals surface area contributed by atoms with Gasteiger partial charge in [0.2, 0.25) is 5.91 Å². The molecule has 41 heavy (non-hydrogen) atoms. The summed E-state index contributed by atoms with van der Waals surface area (Å²) in [6, 6.07) is 15.7. The first-order chi connectivity index (χ1) is 19.4. The maximum Gasteiger partial charge on any atom is 0.306 e. The van der Waals surface area contributed by atoms with Crippen LogP contribution in [0.4, 0.5) is 5.69 Å². The van der Waals surface area contributed by atoms with Gasteiger partial charge in [-0.1, -0.05) is 18.2 Å². The Morgan fingerprint density at radius 2 is 1.78 bits per heavy atom. The molecular weight excluding hydrogens is 540 g/mol. The molecule has 9 nitrogen and oxygen atoms in total. The molecule has 1 amide bonds. The van der Waals surface area contributed by atoms with Crippen molar-refractivity contribution in [1.29, 1.82) is 0 Å². The number of hydrogen-bond donors (Lipinski definition) is 2. The minimum absolute atomic E-state index is 0. The zero-order valence-electron chi connectivity index (χ0n) is 23.7. The fourth-order valence-electron chi connectivity index (χ4n) is 6.33. The number of nitrogens with zero attached hydrogens (tertiary/aromatic N) is 3. The molecule has 1 atom stereocenters. The van der Waals surface area contributed by atoms with E-state index < -0.39 is 5.97 Å². The maximum absolute atomic E-state index is 13.3. The lowest BCUT2D eigenvalue weighted by Crippen LogP contribution is -2.50. The smallest absolute Gasteiger partial charge is 0.306 e. The number of para-hydroxylation sites is 1. The van der Waals surface area contributed by atoms with Crippen molar-refractivity contribution in [2.75, 3.05) is 20.3 Å². The average molecular weight is 583 g/mol. The summed E-state index contributed by atoms with van der Waals surface area (Å²) in [5.41, 5.74) is 8.43. The molecule has 10 heteroatoms. The summed E-state index contributed by atoms with van der Waals surface area (Å²) in [5.74, 6) is 1.43. The summed E-state index contributed by atoms with van der Waals surface area (Å²) < 4.78 is 11.7. The van der Waals surface area contributed by atoms with Gasteiger partial charge in [-0.3, -0.25) is 9.59 Å². The number of carboxylic acid groups (broad SMARTS) is 1. The molecule has 3 N–H and O–H groups in total. The van der Waals surface area contributed by atoms with Crippen LogP contribution in [0.25, 0.3) is 0 Å². The summed E-state index contributed by atoms with van der Waals surface area (Å²) in [6.07, 6.45) is 5.63. The van der Waals surface area contributed by atoms with E-state index in [-0.39, 0.29) is 37.4 Å². The van der Waals surface area contributed by atoms with Gasteiger partial charge in [-0.05, 0) is 81.2 Å². The van der Waals surface area contributed by atoms with Gasteiger partial charge in [-0.15, -0.1) is 0 Å². The summed E-state index contributed by atoms with van der Waals surface area (Å²) in [7, 11) is 1.86. The molecule has 0 unspecified atom stereocenters. The quantitative estimate of drug-likeness (QED) is 0.426. The van der Waals surface area contributed by atoms with E-state index in [0.29, 0.717) is 57.3 Å². The first kappa shape index (κ1) is 30.7. The van der Waals surface area contributed by atoms with E-state index in [1.54, 1.807) is 0 Å². The van der Waals surface area contributed by atoms with E-state index in [1.807, 2.05) is 60.5 Å². The first-order valence-corrected chi connectivity index (χ1v) is 14.4. The number of carboxylic acids is 1. The van der Waals surface area contributed by atoms with Crippen LogP contribution < -0.4 is 10.5 Å². The van der Waals surface area contributed by atoms with E-state index in [4.69, 9.17) is 20.2 Å². The number of ether oxygens (including phenoxy) is 2. The Kier molecular flexibility index (Phi) is 10.6. The highest BCUT2D eigenvalue weighted by molar-refractivity contribution is 7.59. The topological polar surface area (TPSA) is 118 Å². The Bertz CT molecular complexity index is 1210. The predicted octanol–water partition coefficient (Wildman–Crippen LogP) is 5.03. The average Bonchev–Trinajstić information content (AvgIpc) is 2.98. The standard InChI is InChI=1S/C31H40N4O5.H2S/c1-34(24-9-7-22(8-10-24)30(37)38)29(36)14-13-28(21-15-17-39-18-16-21)35-20-23-19-26(11-12-27(23)33-31(35)32)40-25-5-3-2-4-6-25;/h2-6,11-12,19,21-22,24,28H,7-10,13-18,20H2,1H3,(H2,32,33)(H,37,38);1H2/t22?,24?,28-;/m0./s1. The number of benzene rings is 2. The Labute approximate surface area is 249 Å². The SMILES string of the molecule is CN(C(=O)CC[C@@H](C1CCOCC1)N1Cc2cc(Oc3ccccc3)ccc2N=C1N)C1CCC(C(=O)O)CC1.S. The largest absolute Gasteiger partial charge is 0.481 e. The van der Waals surface area contributed by atoms with Crippen LogP contribution in [0.2, 0.25) is 0 Å². The van der Waals surface area contributed by atoms with E-state index >= 15 is 0 Å². The van der Waals surface area contributed by atoms with Gasteiger partial charge >= 0.3 is 5.97 Å². The first-order valence-electron chi connectivity index (χ1n) is 14.4. The summed E-state index contributed by atoms with van der Waals surface area (Å²) >= 11 is 0. The van der Waals surface area contributed by atoms with Crippen molar-refractivity contribution in [3.05, 3.63) is 54.1 Å². The van der Waals surface area contributed by atoms with Gasteiger partial charge in [0.15, 0.2) is 5.96 Å². The molecule has 2 aromatic carbocycles. The zero-order chi connectivity index (χ0) is 28.1. The highest BCUT2D eigenvalue weighted by Crippen LogP contribution is 2.35. The number of aliphatic imine (C=N–C) groups is 1. The summed E-state index contributed by atoms with van der Waals surface area (Å²) in [5, 5.41) is 9.31. The Morgan fingerprint density at radius 3 is 2.46 bits per heavy atom. The number of fused-ring (bicyclic) bond motifs is 1. The van der Waals surface area contributed by atoms with Gasteiger partial charge in [0, 0.05) is 50.9 Å². The second-order valence-corrected chi connectivity index (χ2v) is 11.2. The van der Waals surface area contributed by atoms with Crippen LogP contribution in [-0.2, 0) is 20.9 Å². The number of amides is 1. The van der Waals surface area contributed by atoms with Crippen molar-refractivity contribution in [2.45, 2.75) is 70.0 Å². The Balaban J connectivity index is 0.00000387. The molecule has 5 rings (SSSR count). The molecular formula is C31H42N4O5S. The molecule has 2 heterocycles. The highest BCUT2D eigenvalue weighted by atomic mass is 32.1. The number of rotatable bonds is 9. The number of carbonyl (C=O) groups is 2. The van der Waals surface area contributed by atoms with Crippen LogP contribution >= 0.6 is 13.5 Å². The van der Waals surface area contributed by atoms with Crippen LogP contribution in [-0.4, -0.2) is 65.1 Å². The van der Waals surface area contributed by atoms with Gasteiger partial charge in [0.05, 0.1) is 11.6 Å². The van der Waals surface area contributed by atoms with Gasteiger partial charge in [0.25, 0.3) is 0 Å². The molecule has 2 aromatic rings.